The number of ketones is 1. The van der Waals surface area contributed by atoms with Crippen LogP contribution in [0.15, 0.2) is 103 Å². The minimum Gasteiger partial charge on any atom is -0.497 e. The summed E-state index contributed by atoms with van der Waals surface area (Å²) < 4.78 is 10.7. The highest BCUT2D eigenvalue weighted by atomic mass is 35.5. The first kappa shape index (κ1) is 30.1. The Morgan fingerprint density at radius 2 is 1.50 bits per heavy atom. The van der Waals surface area contributed by atoms with Gasteiger partial charge in [0.1, 0.15) is 17.2 Å². The number of carbonyl (C=O) groups is 3. The molecule has 0 saturated heterocycles. The molecule has 0 spiro atoms. The standard InChI is InChI=1S/C33H26Cl2N2O5/c1-41-26-16-18-30(42-2)24(19-26)20-28(37-32(39)23-7-4-3-5-8-23)33(40)36-25-14-11-21(12-15-25)29(38)17-13-22-9-6-10-27(34)31(22)35/h3-20H,1-2H3,(H,36,40)(H,37,39)/b17-13+,28-20-. The molecule has 0 unspecified atom stereocenters. The molecule has 0 aromatic heterocycles. The Morgan fingerprint density at radius 3 is 2.19 bits per heavy atom. The van der Waals surface area contributed by atoms with E-state index in [9.17, 15) is 14.4 Å². The lowest BCUT2D eigenvalue weighted by atomic mass is 10.1. The molecule has 0 aliphatic heterocycles. The molecule has 2 N–H and O–H groups in total. The van der Waals surface area contributed by atoms with Gasteiger partial charge >= 0.3 is 0 Å². The van der Waals surface area contributed by atoms with Gasteiger partial charge in [-0.05, 0) is 84.5 Å². The third kappa shape index (κ3) is 7.66. The Morgan fingerprint density at radius 1 is 0.762 bits per heavy atom. The molecule has 0 atom stereocenters. The number of hydrogen-bond donors (Lipinski definition) is 2. The molecule has 4 aromatic rings. The van der Waals surface area contributed by atoms with Crippen LogP contribution in [0.1, 0.15) is 31.8 Å². The molecule has 212 valence electrons. The molecule has 42 heavy (non-hydrogen) atoms. The molecule has 0 aliphatic carbocycles. The van der Waals surface area contributed by atoms with Gasteiger partial charge in [0.05, 0.1) is 24.3 Å². The summed E-state index contributed by atoms with van der Waals surface area (Å²) in [5.74, 6) is -0.289. The summed E-state index contributed by atoms with van der Waals surface area (Å²) in [6.45, 7) is 0. The number of anilines is 1. The smallest absolute Gasteiger partial charge is 0.272 e. The van der Waals surface area contributed by atoms with Crippen molar-refractivity contribution in [3.05, 3.63) is 135 Å². The minimum absolute atomic E-state index is 0.0307. The number of nitrogens with one attached hydrogen (secondary N) is 2. The quantitative estimate of drug-likeness (QED) is 0.147. The number of carbonyl (C=O) groups excluding carboxylic acids is 3. The van der Waals surface area contributed by atoms with Gasteiger partial charge in [-0.3, -0.25) is 14.4 Å². The fraction of sp³-hybridized carbons (Fsp3) is 0.0606. The van der Waals surface area contributed by atoms with E-state index in [1.165, 1.54) is 26.4 Å². The Bertz CT molecular complexity index is 1670. The van der Waals surface area contributed by atoms with E-state index < -0.39 is 11.8 Å². The zero-order valence-electron chi connectivity index (χ0n) is 22.7. The Balaban J connectivity index is 1.56. The highest BCUT2D eigenvalue weighted by Gasteiger charge is 2.17. The molecular weight excluding hydrogens is 575 g/mol. The summed E-state index contributed by atoms with van der Waals surface area (Å²) in [6.07, 6.45) is 4.49. The van der Waals surface area contributed by atoms with Crippen molar-refractivity contribution in [3.8, 4) is 11.5 Å². The maximum atomic E-state index is 13.4. The summed E-state index contributed by atoms with van der Waals surface area (Å²) in [6, 6.07) is 25.1. The summed E-state index contributed by atoms with van der Waals surface area (Å²) >= 11 is 12.2. The Labute approximate surface area is 253 Å². The van der Waals surface area contributed by atoms with Gasteiger partial charge in [-0.25, -0.2) is 0 Å². The van der Waals surface area contributed by atoms with E-state index in [4.69, 9.17) is 32.7 Å². The number of amides is 2. The number of hydrogen-bond acceptors (Lipinski definition) is 5. The van der Waals surface area contributed by atoms with E-state index in [2.05, 4.69) is 10.6 Å². The van der Waals surface area contributed by atoms with Crippen LogP contribution in [0.3, 0.4) is 0 Å². The van der Waals surface area contributed by atoms with Crippen LogP contribution < -0.4 is 20.1 Å². The van der Waals surface area contributed by atoms with Crippen molar-refractivity contribution in [2.45, 2.75) is 0 Å². The first-order valence-corrected chi connectivity index (χ1v) is 13.4. The molecule has 7 nitrogen and oxygen atoms in total. The monoisotopic (exact) mass is 600 g/mol. The van der Waals surface area contributed by atoms with Gasteiger partial charge in [0.25, 0.3) is 11.8 Å². The van der Waals surface area contributed by atoms with Crippen molar-refractivity contribution in [2.75, 3.05) is 19.5 Å². The lowest BCUT2D eigenvalue weighted by molar-refractivity contribution is -0.113. The molecule has 4 aromatic carbocycles. The van der Waals surface area contributed by atoms with Crippen molar-refractivity contribution < 1.29 is 23.9 Å². The number of allylic oxidation sites excluding steroid dienone is 1. The van der Waals surface area contributed by atoms with Crippen LogP contribution in [-0.2, 0) is 4.79 Å². The van der Waals surface area contributed by atoms with E-state index >= 15 is 0 Å². The largest absolute Gasteiger partial charge is 0.497 e. The molecular formula is C33H26Cl2N2O5. The van der Waals surface area contributed by atoms with Crippen LogP contribution in [0.5, 0.6) is 11.5 Å². The average Bonchev–Trinajstić information content (AvgIpc) is 3.01. The van der Waals surface area contributed by atoms with E-state index in [1.807, 2.05) is 0 Å². The van der Waals surface area contributed by atoms with Crippen molar-refractivity contribution in [2.24, 2.45) is 0 Å². The SMILES string of the molecule is COc1ccc(OC)c(/C=C(\NC(=O)c2ccccc2)C(=O)Nc2ccc(C(=O)/C=C/c3cccc(Cl)c3Cl)cc2)c1. The van der Waals surface area contributed by atoms with Gasteiger partial charge < -0.3 is 20.1 Å². The number of ether oxygens (including phenoxy) is 2. The van der Waals surface area contributed by atoms with Crippen LogP contribution in [0.25, 0.3) is 12.2 Å². The first-order valence-electron chi connectivity index (χ1n) is 12.7. The molecule has 4 rings (SSSR count). The van der Waals surface area contributed by atoms with Gasteiger partial charge in [0, 0.05) is 22.4 Å². The van der Waals surface area contributed by atoms with Crippen molar-refractivity contribution >= 4 is 58.6 Å². The number of benzene rings is 4. The second kappa shape index (κ2) is 14.2. The molecule has 0 bridgehead atoms. The zero-order chi connectivity index (χ0) is 30.1. The predicted octanol–water partition coefficient (Wildman–Crippen LogP) is 7.32. The Kier molecular flexibility index (Phi) is 10.2. The van der Waals surface area contributed by atoms with Crippen molar-refractivity contribution in [1.29, 1.82) is 0 Å². The summed E-state index contributed by atoms with van der Waals surface area (Å²) in [7, 11) is 3.03. The average molecular weight is 601 g/mol. The van der Waals surface area contributed by atoms with Crippen LogP contribution in [0.2, 0.25) is 10.0 Å². The van der Waals surface area contributed by atoms with Crippen LogP contribution in [0.4, 0.5) is 5.69 Å². The number of methoxy groups -OCH3 is 2. The third-order valence-corrected chi connectivity index (χ3v) is 6.92. The number of halogens is 2. The first-order chi connectivity index (χ1) is 20.3. The number of rotatable bonds is 10. The van der Waals surface area contributed by atoms with E-state index in [0.717, 1.165) is 0 Å². The van der Waals surface area contributed by atoms with E-state index in [1.54, 1.807) is 97.1 Å². The van der Waals surface area contributed by atoms with E-state index in [-0.39, 0.29) is 11.5 Å². The van der Waals surface area contributed by atoms with Gasteiger partial charge in [-0.15, -0.1) is 0 Å². The lowest BCUT2D eigenvalue weighted by Gasteiger charge is -2.13. The maximum Gasteiger partial charge on any atom is 0.272 e. The second-order valence-corrected chi connectivity index (χ2v) is 9.64. The molecule has 0 saturated carbocycles. The molecule has 0 heterocycles. The lowest BCUT2D eigenvalue weighted by Crippen LogP contribution is -2.30. The van der Waals surface area contributed by atoms with Crippen LogP contribution >= 0.6 is 23.2 Å². The highest BCUT2D eigenvalue weighted by molar-refractivity contribution is 6.43. The van der Waals surface area contributed by atoms with Gasteiger partial charge in [-0.2, -0.15) is 0 Å². The fourth-order valence-electron chi connectivity index (χ4n) is 3.88. The van der Waals surface area contributed by atoms with Crippen molar-refractivity contribution in [3.63, 3.8) is 0 Å². The molecule has 0 aliphatic rings. The van der Waals surface area contributed by atoms with Gasteiger partial charge in [0.15, 0.2) is 5.78 Å². The Hall–Kier alpha value is -4.85. The molecule has 2 amide bonds. The normalized spacial score (nSPS) is 11.2. The van der Waals surface area contributed by atoms with E-state index in [0.29, 0.717) is 49.5 Å². The summed E-state index contributed by atoms with van der Waals surface area (Å²) in [4.78, 5) is 39.1. The zero-order valence-corrected chi connectivity index (χ0v) is 24.2. The molecule has 0 fully saturated rings. The maximum absolute atomic E-state index is 13.4. The van der Waals surface area contributed by atoms with Crippen molar-refractivity contribution in [1.82, 2.24) is 5.32 Å². The summed E-state index contributed by atoms with van der Waals surface area (Å²) in [5.41, 5.74) is 2.29. The van der Waals surface area contributed by atoms with Gasteiger partial charge in [-0.1, -0.05) is 53.5 Å². The summed E-state index contributed by atoms with van der Waals surface area (Å²) in [5, 5.41) is 6.21. The van der Waals surface area contributed by atoms with Crippen LogP contribution in [-0.4, -0.2) is 31.8 Å². The topological polar surface area (TPSA) is 93.7 Å². The second-order valence-electron chi connectivity index (χ2n) is 8.86. The van der Waals surface area contributed by atoms with Crippen LogP contribution in [0, 0.1) is 0 Å². The van der Waals surface area contributed by atoms with Gasteiger partial charge in [0.2, 0.25) is 0 Å². The molecule has 9 heteroatoms. The minimum atomic E-state index is -0.585. The fourth-order valence-corrected chi connectivity index (χ4v) is 4.25. The molecule has 0 radical (unpaired) electrons. The third-order valence-electron chi connectivity index (χ3n) is 6.09. The predicted molar refractivity (Wildman–Crippen MR) is 166 cm³/mol. The highest BCUT2D eigenvalue weighted by Crippen LogP contribution is 2.27.